The third-order valence-corrected chi connectivity index (χ3v) is 6.80. The number of aryl methyl sites for hydroxylation is 2. The largest absolute Gasteiger partial charge is 0.492 e. The third-order valence-electron chi connectivity index (χ3n) is 4.87. The number of amides is 1. The summed E-state index contributed by atoms with van der Waals surface area (Å²) in [5.41, 5.74) is 4.29. The van der Waals surface area contributed by atoms with Crippen LogP contribution in [-0.2, 0) is 17.1 Å². The van der Waals surface area contributed by atoms with Gasteiger partial charge < -0.3 is 15.4 Å². The van der Waals surface area contributed by atoms with Crippen LogP contribution in [0.5, 0.6) is 5.75 Å². The second-order valence-corrected chi connectivity index (χ2v) is 9.37. The Hall–Kier alpha value is -3.21. The molecule has 0 saturated heterocycles. The van der Waals surface area contributed by atoms with Gasteiger partial charge in [-0.3, -0.25) is 4.79 Å². The van der Waals surface area contributed by atoms with Gasteiger partial charge in [-0.15, -0.1) is 23.1 Å². The van der Waals surface area contributed by atoms with Gasteiger partial charge in [0.05, 0.1) is 23.9 Å². The van der Waals surface area contributed by atoms with Gasteiger partial charge >= 0.3 is 0 Å². The molecule has 3 rings (SSSR count). The number of rotatable bonds is 10. The van der Waals surface area contributed by atoms with E-state index in [-0.39, 0.29) is 5.57 Å². The minimum atomic E-state index is -0.407. The van der Waals surface area contributed by atoms with Gasteiger partial charge in [0.1, 0.15) is 17.4 Å². The number of hydrogen-bond acceptors (Lipinski definition) is 6. The van der Waals surface area contributed by atoms with E-state index >= 15 is 0 Å². The van der Waals surface area contributed by atoms with Crippen molar-refractivity contribution in [2.45, 2.75) is 33.1 Å². The fraction of sp³-hybridized carbons (Fsp3) is 0.231. The lowest BCUT2D eigenvalue weighted by atomic mass is 10.1. The first-order chi connectivity index (χ1) is 16.0. The molecule has 170 valence electrons. The molecule has 1 aromatic heterocycles. The monoisotopic (exact) mass is 477 g/mol. The zero-order chi connectivity index (χ0) is 23.6. The minimum Gasteiger partial charge on any atom is -0.492 e. The Morgan fingerprint density at radius 1 is 1.15 bits per heavy atom. The van der Waals surface area contributed by atoms with Gasteiger partial charge in [-0.2, -0.15) is 5.26 Å². The average Bonchev–Trinajstić information content (AvgIpc) is 3.32. The number of nitriles is 1. The van der Waals surface area contributed by atoms with Gasteiger partial charge in [0.15, 0.2) is 0 Å². The molecule has 5 nitrogen and oxygen atoms in total. The zero-order valence-electron chi connectivity index (χ0n) is 19.0. The molecule has 0 unspecified atom stereocenters. The fourth-order valence-electron chi connectivity index (χ4n) is 3.18. The molecule has 1 amide bonds. The van der Waals surface area contributed by atoms with Gasteiger partial charge in [0.25, 0.3) is 5.91 Å². The van der Waals surface area contributed by atoms with Crippen molar-refractivity contribution in [1.29, 1.82) is 5.26 Å². The summed E-state index contributed by atoms with van der Waals surface area (Å²) in [6.45, 7) is 6.95. The average molecular weight is 478 g/mol. The summed E-state index contributed by atoms with van der Waals surface area (Å²) in [4.78, 5) is 14.0. The third kappa shape index (κ3) is 6.88. The van der Waals surface area contributed by atoms with E-state index in [1.807, 2.05) is 48.7 Å². The highest BCUT2D eigenvalue weighted by atomic mass is 32.2. The van der Waals surface area contributed by atoms with Crippen molar-refractivity contribution >= 4 is 34.7 Å². The number of para-hydroxylation sites is 2. The molecule has 2 aromatic carbocycles. The normalized spacial score (nSPS) is 11.3. The molecule has 0 atom stereocenters. The number of thioether (sulfide) groups is 1. The summed E-state index contributed by atoms with van der Waals surface area (Å²) in [5, 5.41) is 18.5. The number of nitrogens with zero attached hydrogens (tertiary/aromatic N) is 1. The molecule has 0 aliphatic rings. The Morgan fingerprint density at radius 3 is 2.67 bits per heavy atom. The highest BCUT2D eigenvalue weighted by Crippen LogP contribution is 2.32. The molecule has 33 heavy (non-hydrogen) atoms. The Balaban J connectivity index is 1.89. The molecule has 0 aliphatic carbocycles. The van der Waals surface area contributed by atoms with Crippen LogP contribution in [0.2, 0.25) is 0 Å². The summed E-state index contributed by atoms with van der Waals surface area (Å²) in [5.74, 6) is 0.880. The lowest BCUT2D eigenvalue weighted by Crippen LogP contribution is -2.25. The summed E-state index contributed by atoms with van der Waals surface area (Å²) in [7, 11) is 0. The number of carbonyl (C=O) groups excluding carboxylic acids is 1. The lowest BCUT2D eigenvalue weighted by molar-refractivity contribution is -0.117. The molecular formula is C26H27N3O2S2. The Labute approximate surface area is 203 Å². The maximum Gasteiger partial charge on any atom is 0.264 e. The molecule has 0 fully saturated rings. The van der Waals surface area contributed by atoms with E-state index in [9.17, 15) is 10.1 Å². The number of benzene rings is 2. The van der Waals surface area contributed by atoms with E-state index in [4.69, 9.17) is 4.74 Å². The van der Waals surface area contributed by atoms with Crippen molar-refractivity contribution in [2.75, 3.05) is 11.9 Å². The maximum atomic E-state index is 13.0. The predicted octanol–water partition coefficient (Wildman–Crippen LogP) is 6.16. The van der Waals surface area contributed by atoms with Gasteiger partial charge in [-0.25, -0.2) is 0 Å². The van der Waals surface area contributed by atoms with Crippen molar-refractivity contribution in [3.8, 4) is 11.8 Å². The van der Waals surface area contributed by atoms with Crippen LogP contribution in [0.15, 0.2) is 70.6 Å². The van der Waals surface area contributed by atoms with E-state index in [1.165, 1.54) is 22.9 Å². The van der Waals surface area contributed by atoms with Crippen molar-refractivity contribution in [2.24, 2.45) is 0 Å². The smallest absolute Gasteiger partial charge is 0.264 e. The van der Waals surface area contributed by atoms with Crippen LogP contribution in [0.4, 0.5) is 5.69 Å². The molecule has 0 radical (unpaired) electrons. The van der Waals surface area contributed by atoms with Crippen LogP contribution in [0.25, 0.3) is 0 Å². The number of hydrogen-bond donors (Lipinski definition) is 2. The number of nitrogens with one attached hydrogen (secondary N) is 2. The van der Waals surface area contributed by atoms with Gasteiger partial charge in [0, 0.05) is 10.6 Å². The first-order valence-electron chi connectivity index (χ1n) is 10.6. The summed E-state index contributed by atoms with van der Waals surface area (Å²) < 4.78 is 5.73. The minimum absolute atomic E-state index is 0.0487. The number of ether oxygens (including phenoxy) is 1. The van der Waals surface area contributed by atoms with Crippen molar-refractivity contribution in [3.05, 3.63) is 92.1 Å². The predicted molar refractivity (Wildman–Crippen MR) is 137 cm³/mol. The number of thiophene rings is 1. The summed E-state index contributed by atoms with van der Waals surface area (Å²) >= 11 is 2.99. The van der Waals surface area contributed by atoms with Crippen LogP contribution in [0.3, 0.4) is 0 Å². The zero-order valence-corrected chi connectivity index (χ0v) is 20.6. The van der Waals surface area contributed by atoms with Gasteiger partial charge in [-0.1, -0.05) is 42.0 Å². The first-order valence-corrected chi connectivity index (χ1v) is 12.5. The SMILES string of the molecule is CCOc1ccccc1N/C(SCc1ccc(C)cc1C)=C(/C#N)C(=O)NCc1cccs1. The summed E-state index contributed by atoms with van der Waals surface area (Å²) in [6.07, 6.45) is 0. The number of anilines is 1. The maximum absolute atomic E-state index is 13.0. The van der Waals surface area contributed by atoms with E-state index in [2.05, 4.69) is 48.7 Å². The quantitative estimate of drug-likeness (QED) is 0.270. The Bertz CT molecular complexity index is 1160. The first kappa shape index (κ1) is 24.4. The lowest BCUT2D eigenvalue weighted by Gasteiger charge is -2.17. The molecule has 0 spiro atoms. The second kappa shape index (κ2) is 12.1. The van der Waals surface area contributed by atoms with Crippen molar-refractivity contribution < 1.29 is 9.53 Å². The molecule has 2 N–H and O–H groups in total. The Morgan fingerprint density at radius 2 is 1.97 bits per heavy atom. The van der Waals surface area contributed by atoms with Crippen LogP contribution in [0, 0.1) is 25.2 Å². The van der Waals surface area contributed by atoms with Crippen LogP contribution < -0.4 is 15.4 Å². The molecule has 7 heteroatoms. The number of carbonyl (C=O) groups is 1. The molecule has 1 heterocycles. The second-order valence-electron chi connectivity index (χ2n) is 7.35. The van der Waals surface area contributed by atoms with Crippen molar-refractivity contribution in [3.63, 3.8) is 0 Å². The van der Waals surface area contributed by atoms with Crippen LogP contribution >= 0.6 is 23.1 Å². The fourth-order valence-corrected chi connectivity index (χ4v) is 4.91. The standard InChI is InChI=1S/C26H27N3O2S2/c1-4-31-24-10-6-5-9-23(24)29-26(33-17-20-12-11-18(2)14-19(20)3)22(15-27)25(30)28-16-21-8-7-13-32-21/h5-14,29H,4,16-17H2,1-3H3,(H,28,30)/b26-22+. The van der Waals surface area contributed by atoms with Crippen LogP contribution in [0.1, 0.15) is 28.5 Å². The van der Waals surface area contributed by atoms with E-state index in [0.717, 1.165) is 10.4 Å². The van der Waals surface area contributed by atoms with Crippen molar-refractivity contribution in [1.82, 2.24) is 5.32 Å². The topological polar surface area (TPSA) is 74.1 Å². The summed E-state index contributed by atoms with van der Waals surface area (Å²) in [6, 6.07) is 19.8. The molecular weight excluding hydrogens is 450 g/mol. The molecule has 3 aromatic rings. The van der Waals surface area contributed by atoms with Gasteiger partial charge in [-0.05, 0) is 55.5 Å². The highest BCUT2D eigenvalue weighted by Gasteiger charge is 2.18. The molecule has 0 saturated carbocycles. The van der Waals surface area contributed by atoms with Crippen LogP contribution in [-0.4, -0.2) is 12.5 Å². The van der Waals surface area contributed by atoms with E-state index < -0.39 is 5.91 Å². The van der Waals surface area contributed by atoms with E-state index in [1.54, 1.807) is 11.3 Å². The highest BCUT2D eigenvalue weighted by molar-refractivity contribution is 8.02. The molecule has 0 bridgehead atoms. The Kier molecular flexibility index (Phi) is 8.99. The van der Waals surface area contributed by atoms with Gasteiger partial charge in [0.2, 0.25) is 0 Å². The van der Waals surface area contributed by atoms with E-state index in [0.29, 0.717) is 35.4 Å². The molecule has 0 aliphatic heterocycles.